The lowest BCUT2D eigenvalue weighted by molar-refractivity contribution is -0.123. The highest BCUT2D eigenvalue weighted by atomic mass is 35.5. The number of hydrogen-bond donors (Lipinski definition) is 2. The summed E-state index contributed by atoms with van der Waals surface area (Å²) in [6.07, 6.45) is 0.189. The summed E-state index contributed by atoms with van der Waals surface area (Å²) in [5.41, 5.74) is 0.846. The van der Waals surface area contributed by atoms with Crippen LogP contribution in [0.5, 0.6) is 0 Å². The van der Waals surface area contributed by atoms with Crippen molar-refractivity contribution in [3.05, 3.63) is 50.9 Å². The first kappa shape index (κ1) is 20.1. The van der Waals surface area contributed by atoms with Gasteiger partial charge in [0.25, 0.3) is 5.56 Å². The largest absolute Gasteiger partial charge is 0.396 e. The number of nitrogens with zero attached hydrogens (tertiary/aromatic N) is 2. The quantitative estimate of drug-likeness (QED) is 0.837. The highest BCUT2D eigenvalue weighted by Gasteiger charge is 2.20. The first-order chi connectivity index (χ1) is 12.1. The molecule has 2 aromatic rings. The number of nitrogens with one attached hydrogen (secondary N) is 1. The zero-order chi connectivity index (χ0) is 19.5. The maximum Gasteiger partial charge on any atom is 0.257 e. The maximum absolute atomic E-state index is 13.0. The standard InChI is InChI=1S/C19H24ClN3O3/c1-12-15(8-9-24)18(26)23(11-16(25)22-19(2,3)4)17(21-12)13-6-5-7-14(20)10-13/h5-7,10,24H,8-9,11H2,1-4H3,(H,22,25). The van der Waals surface area contributed by atoms with Crippen LogP contribution in [-0.4, -0.2) is 32.7 Å². The second kappa shape index (κ2) is 8.01. The minimum atomic E-state index is -0.414. The van der Waals surface area contributed by atoms with Crippen LogP contribution in [0, 0.1) is 6.92 Å². The number of carbonyl (C=O) groups excluding carboxylic acids is 1. The molecule has 1 aromatic carbocycles. The third kappa shape index (κ3) is 4.93. The van der Waals surface area contributed by atoms with Gasteiger partial charge in [0, 0.05) is 40.4 Å². The number of benzene rings is 1. The Bertz CT molecular complexity index is 869. The van der Waals surface area contributed by atoms with Gasteiger partial charge < -0.3 is 10.4 Å². The number of halogens is 1. The number of aliphatic hydroxyl groups excluding tert-OH is 1. The smallest absolute Gasteiger partial charge is 0.257 e. The van der Waals surface area contributed by atoms with Crippen molar-refractivity contribution < 1.29 is 9.90 Å². The van der Waals surface area contributed by atoms with E-state index < -0.39 is 5.54 Å². The Morgan fingerprint density at radius 3 is 2.62 bits per heavy atom. The van der Waals surface area contributed by atoms with Gasteiger partial charge in [-0.1, -0.05) is 23.7 Å². The molecule has 0 bridgehead atoms. The van der Waals surface area contributed by atoms with Crippen LogP contribution in [0.15, 0.2) is 29.1 Å². The Kier molecular flexibility index (Phi) is 6.21. The molecule has 0 fully saturated rings. The van der Waals surface area contributed by atoms with E-state index in [1.807, 2.05) is 20.8 Å². The van der Waals surface area contributed by atoms with Crippen LogP contribution in [0.4, 0.5) is 0 Å². The van der Waals surface area contributed by atoms with Crippen LogP contribution in [0.3, 0.4) is 0 Å². The lowest BCUT2D eigenvalue weighted by Gasteiger charge is -2.22. The molecule has 0 saturated heterocycles. The van der Waals surface area contributed by atoms with Crippen LogP contribution >= 0.6 is 11.6 Å². The molecule has 140 valence electrons. The average molecular weight is 378 g/mol. The fourth-order valence-electron chi connectivity index (χ4n) is 2.70. The molecule has 0 aliphatic carbocycles. The van der Waals surface area contributed by atoms with Gasteiger partial charge in [-0.15, -0.1) is 0 Å². The van der Waals surface area contributed by atoms with E-state index in [9.17, 15) is 14.7 Å². The lowest BCUT2D eigenvalue weighted by Crippen LogP contribution is -2.44. The zero-order valence-electron chi connectivity index (χ0n) is 15.5. The molecule has 0 unspecified atom stereocenters. The Balaban J connectivity index is 2.59. The molecule has 1 heterocycles. The predicted octanol–water partition coefficient (Wildman–Crippen LogP) is 2.32. The second-order valence-corrected chi connectivity index (χ2v) is 7.61. The number of hydrogen-bond acceptors (Lipinski definition) is 4. The van der Waals surface area contributed by atoms with E-state index in [0.29, 0.717) is 27.7 Å². The van der Waals surface area contributed by atoms with Crippen molar-refractivity contribution in [1.82, 2.24) is 14.9 Å². The van der Waals surface area contributed by atoms with E-state index in [1.165, 1.54) is 4.57 Å². The molecule has 1 aromatic heterocycles. The van der Waals surface area contributed by atoms with E-state index in [1.54, 1.807) is 31.2 Å². The summed E-state index contributed by atoms with van der Waals surface area (Å²) in [5, 5.41) is 12.6. The summed E-state index contributed by atoms with van der Waals surface area (Å²) in [5.74, 6) is 0.0872. The van der Waals surface area contributed by atoms with Crippen molar-refractivity contribution in [2.24, 2.45) is 0 Å². The van der Waals surface area contributed by atoms with Crippen molar-refractivity contribution in [2.45, 2.75) is 46.2 Å². The Hall–Kier alpha value is -2.18. The second-order valence-electron chi connectivity index (χ2n) is 7.17. The molecule has 0 aliphatic rings. The van der Waals surface area contributed by atoms with Crippen molar-refractivity contribution in [3.63, 3.8) is 0 Å². The summed E-state index contributed by atoms with van der Waals surface area (Å²) < 4.78 is 1.34. The first-order valence-corrected chi connectivity index (χ1v) is 8.78. The molecule has 0 aliphatic heterocycles. The number of amides is 1. The van der Waals surface area contributed by atoms with Gasteiger partial charge in [0.2, 0.25) is 5.91 Å². The molecular formula is C19H24ClN3O3. The maximum atomic E-state index is 13.0. The molecule has 0 radical (unpaired) electrons. The van der Waals surface area contributed by atoms with Crippen molar-refractivity contribution >= 4 is 17.5 Å². The van der Waals surface area contributed by atoms with Gasteiger partial charge in [-0.05, 0) is 39.8 Å². The summed E-state index contributed by atoms with van der Waals surface area (Å²) in [6, 6.07) is 6.98. The highest BCUT2D eigenvalue weighted by molar-refractivity contribution is 6.30. The average Bonchev–Trinajstić information content (AvgIpc) is 2.52. The topological polar surface area (TPSA) is 84.2 Å². The van der Waals surface area contributed by atoms with Crippen LogP contribution in [0.2, 0.25) is 5.02 Å². The van der Waals surface area contributed by atoms with Gasteiger partial charge in [0.1, 0.15) is 12.4 Å². The first-order valence-electron chi connectivity index (χ1n) is 8.40. The molecule has 0 saturated carbocycles. The number of carbonyl (C=O) groups is 1. The van der Waals surface area contributed by atoms with Crippen LogP contribution in [-0.2, 0) is 17.8 Å². The number of aromatic nitrogens is 2. The fourth-order valence-corrected chi connectivity index (χ4v) is 2.89. The Morgan fingerprint density at radius 2 is 2.04 bits per heavy atom. The summed E-state index contributed by atoms with van der Waals surface area (Å²) in [7, 11) is 0. The van der Waals surface area contributed by atoms with Gasteiger partial charge in [-0.25, -0.2) is 4.98 Å². The minimum absolute atomic E-state index is 0.163. The lowest BCUT2D eigenvalue weighted by atomic mass is 10.1. The van der Waals surface area contributed by atoms with Gasteiger partial charge in [-0.3, -0.25) is 14.2 Å². The van der Waals surface area contributed by atoms with E-state index >= 15 is 0 Å². The molecule has 7 heteroatoms. The van der Waals surface area contributed by atoms with Gasteiger partial charge in [0.15, 0.2) is 0 Å². The number of rotatable bonds is 5. The van der Waals surface area contributed by atoms with Crippen molar-refractivity contribution in [3.8, 4) is 11.4 Å². The monoisotopic (exact) mass is 377 g/mol. The molecule has 6 nitrogen and oxygen atoms in total. The predicted molar refractivity (Wildman–Crippen MR) is 102 cm³/mol. The van der Waals surface area contributed by atoms with Gasteiger partial charge >= 0.3 is 0 Å². The van der Waals surface area contributed by atoms with Gasteiger partial charge in [-0.2, -0.15) is 0 Å². The van der Waals surface area contributed by atoms with Crippen molar-refractivity contribution in [2.75, 3.05) is 6.61 Å². The van der Waals surface area contributed by atoms with E-state index in [0.717, 1.165) is 0 Å². The summed E-state index contributed by atoms with van der Waals surface area (Å²) >= 11 is 6.07. The molecular weight excluding hydrogens is 354 g/mol. The van der Waals surface area contributed by atoms with E-state index in [-0.39, 0.29) is 31.0 Å². The Labute approximate surface area is 157 Å². The number of aryl methyl sites for hydroxylation is 1. The normalized spacial score (nSPS) is 11.5. The van der Waals surface area contributed by atoms with Crippen LogP contribution < -0.4 is 10.9 Å². The molecule has 2 N–H and O–H groups in total. The van der Waals surface area contributed by atoms with E-state index in [4.69, 9.17) is 11.6 Å². The molecule has 0 atom stereocenters. The zero-order valence-corrected chi connectivity index (χ0v) is 16.2. The highest BCUT2D eigenvalue weighted by Crippen LogP contribution is 2.21. The van der Waals surface area contributed by atoms with Gasteiger partial charge in [0.05, 0.1) is 0 Å². The van der Waals surface area contributed by atoms with Crippen LogP contribution in [0.1, 0.15) is 32.0 Å². The third-order valence-electron chi connectivity index (χ3n) is 3.73. The fraction of sp³-hybridized carbons (Fsp3) is 0.421. The minimum Gasteiger partial charge on any atom is -0.396 e. The van der Waals surface area contributed by atoms with E-state index in [2.05, 4.69) is 10.3 Å². The molecule has 1 amide bonds. The molecule has 2 rings (SSSR count). The molecule has 26 heavy (non-hydrogen) atoms. The van der Waals surface area contributed by atoms with Crippen molar-refractivity contribution in [1.29, 1.82) is 0 Å². The molecule has 0 spiro atoms. The summed E-state index contributed by atoms with van der Waals surface area (Å²) in [4.78, 5) is 29.9. The number of aliphatic hydroxyl groups is 1. The Morgan fingerprint density at radius 1 is 1.35 bits per heavy atom. The summed E-state index contributed by atoms with van der Waals surface area (Å²) in [6.45, 7) is 7.01. The SMILES string of the molecule is Cc1nc(-c2cccc(Cl)c2)n(CC(=O)NC(C)(C)C)c(=O)c1CCO. The third-order valence-corrected chi connectivity index (χ3v) is 3.97. The van der Waals surface area contributed by atoms with Crippen LogP contribution in [0.25, 0.3) is 11.4 Å².